The largest absolute Gasteiger partial charge is 0.493 e. The minimum absolute atomic E-state index is 0.337. The van der Waals surface area contributed by atoms with Gasteiger partial charge in [0.1, 0.15) is 23.1 Å². The van der Waals surface area contributed by atoms with Crippen LogP contribution in [0.1, 0.15) is 26.2 Å². The fraction of sp³-hybridized carbons (Fsp3) is 0.257. The second-order valence-electron chi connectivity index (χ2n) is 10.7. The normalized spacial score (nSPS) is 14.1. The molecule has 1 fully saturated rings. The molecule has 1 N–H and O–H groups in total. The zero-order valence-electron chi connectivity index (χ0n) is 25.9. The third-order valence-corrected chi connectivity index (χ3v) is 7.58. The second-order valence-corrected chi connectivity index (χ2v) is 10.7. The highest BCUT2D eigenvalue weighted by Gasteiger charge is 2.17. The number of aromatic nitrogens is 2. The number of ether oxygens (including phenoxy) is 4. The van der Waals surface area contributed by atoms with Crippen LogP contribution in [0.2, 0.25) is 0 Å². The number of carbonyl (C=O) groups excluding carboxylic acids is 2. The Morgan fingerprint density at radius 1 is 1.02 bits per heavy atom. The number of pyridine rings is 2. The number of anilines is 2. The van der Waals surface area contributed by atoms with Gasteiger partial charge in [0.25, 0.3) is 5.91 Å². The van der Waals surface area contributed by atoms with Crippen molar-refractivity contribution in [1.29, 1.82) is 0 Å². The number of methoxy groups -OCH3 is 2. The van der Waals surface area contributed by atoms with Gasteiger partial charge >= 0.3 is 0 Å². The molecule has 1 aliphatic rings. The second kappa shape index (κ2) is 15.1. The zero-order valence-corrected chi connectivity index (χ0v) is 25.9. The lowest BCUT2D eigenvalue weighted by molar-refractivity contribution is -0.112. The first-order valence-electron chi connectivity index (χ1n) is 14.8. The number of hydrogen-bond acceptors (Lipinski definition) is 8. The molecule has 0 aliphatic carbocycles. The number of allylic oxidation sites excluding steroid dienone is 2. The number of rotatable bonds is 12. The molecule has 238 valence electrons. The van der Waals surface area contributed by atoms with E-state index >= 15 is 0 Å². The number of amides is 2. The van der Waals surface area contributed by atoms with E-state index < -0.39 is 5.82 Å². The number of nitrogens with one attached hydrogen (secondary N) is 1. The highest BCUT2D eigenvalue weighted by molar-refractivity contribution is 6.03. The van der Waals surface area contributed by atoms with Gasteiger partial charge in [-0.25, -0.2) is 9.37 Å². The standard InChI is InChI=1S/C35H35FN4O6/c1-23(16-25(17-24-11-14-45-15-12-24)21-40(22-41)27-6-4-26(36)5-7-27)35(42)39-34-9-8-28(20-38-34)46-31-10-13-37-30-19-33(44-3)32(43-2)18-29(30)31/h4-10,13,16,18-22,24H,11-12,14-15,17H2,1-3H3,(H,38,39,42)/b23-16+,25-21+. The first kappa shape index (κ1) is 32.1. The number of carbonyl (C=O) groups is 2. The molecular formula is C35H35FN4O6. The maximum atomic E-state index is 13.5. The lowest BCUT2D eigenvalue weighted by Crippen LogP contribution is -2.19. The van der Waals surface area contributed by atoms with Crippen molar-refractivity contribution < 1.29 is 32.9 Å². The van der Waals surface area contributed by atoms with Gasteiger partial charge in [-0.2, -0.15) is 0 Å². The van der Waals surface area contributed by atoms with E-state index in [0.29, 0.717) is 77.6 Å². The molecule has 1 saturated heterocycles. The summed E-state index contributed by atoms with van der Waals surface area (Å²) in [5, 5.41) is 3.55. The van der Waals surface area contributed by atoms with E-state index in [4.69, 9.17) is 18.9 Å². The number of benzene rings is 2. The molecule has 1 aliphatic heterocycles. The van der Waals surface area contributed by atoms with E-state index in [1.54, 1.807) is 69.9 Å². The van der Waals surface area contributed by atoms with Gasteiger partial charge in [0.15, 0.2) is 11.5 Å². The van der Waals surface area contributed by atoms with E-state index in [2.05, 4.69) is 15.3 Å². The molecule has 0 unspecified atom stereocenters. The molecule has 2 aromatic heterocycles. The maximum Gasteiger partial charge on any atom is 0.252 e. The SMILES string of the molecule is COc1cc2nccc(Oc3ccc(NC(=O)/C(C)=C/C(=C\N(C=O)c4ccc(F)cc4)CC4CCOCC4)nc3)c2cc1OC. The van der Waals surface area contributed by atoms with Crippen LogP contribution in [0.4, 0.5) is 15.9 Å². The zero-order chi connectivity index (χ0) is 32.5. The average molecular weight is 627 g/mol. The van der Waals surface area contributed by atoms with Crippen molar-refractivity contribution in [3.05, 3.63) is 96.2 Å². The van der Waals surface area contributed by atoms with Crippen LogP contribution >= 0.6 is 0 Å². The summed E-state index contributed by atoms with van der Waals surface area (Å²) >= 11 is 0. The van der Waals surface area contributed by atoms with Crippen molar-refractivity contribution >= 4 is 34.7 Å². The van der Waals surface area contributed by atoms with Crippen LogP contribution in [0.25, 0.3) is 10.9 Å². The minimum atomic E-state index is -0.394. The van der Waals surface area contributed by atoms with Gasteiger partial charge in [-0.1, -0.05) is 0 Å². The van der Waals surface area contributed by atoms with Crippen LogP contribution in [0, 0.1) is 11.7 Å². The predicted molar refractivity (Wildman–Crippen MR) is 173 cm³/mol. The number of nitrogens with zero attached hydrogens (tertiary/aromatic N) is 3. The topological polar surface area (TPSA) is 112 Å². The molecule has 0 bridgehead atoms. The molecule has 0 radical (unpaired) electrons. The van der Waals surface area contributed by atoms with Gasteiger partial charge in [0.05, 0.1) is 25.9 Å². The van der Waals surface area contributed by atoms with Gasteiger partial charge in [0, 0.05) is 48.3 Å². The molecule has 4 aromatic rings. The number of fused-ring (bicyclic) bond motifs is 1. The van der Waals surface area contributed by atoms with E-state index in [1.807, 2.05) is 0 Å². The van der Waals surface area contributed by atoms with Crippen molar-refractivity contribution in [2.45, 2.75) is 26.2 Å². The summed E-state index contributed by atoms with van der Waals surface area (Å²) in [6.07, 6.45) is 9.67. The summed E-state index contributed by atoms with van der Waals surface area (Å²) in [4.78, 5) is 35.3. The smallest absolute Gasteiger partial charge is 0.252 e. The molecule has 0 saturated carbocycles. The van der Waals surface area contributed by atoms with Crippen molar-refractivity contribution in [2.24, 2.45) is 5.92 Å². The fourth-order valence-corrected chi connectivity index (χ4v) is 5.13. The lowest BCUT2D eigenvalue weighted by Gasteiger charge is -2.23. The average Bonchev–Trinajstić information content (AvgIpc) is 3.08. The molecule has 46 heavy (non-hydrogen) atoms. The van der Waals surface area contributed by atoms with E-state index in [1.165, 1.54) is 35.4 Å². The summed E-state index contributed by atoms with van der Waals surface area (Å²) in [7, 11) is 3.12. The Hall–Kier alpha value is -5.29. The molecule has 0 atom stereocenters. The maximum absolute atomic E-state index is 13.5. The summed E-state index contributed by atoms with van der Waals surface area (Å²) in [5.41, 5.74) is 2.40. The van der Waals surface area contributed by atoms with Gasteiger partial charge < -0.3 is 24.3 Å². The van der Waals surface area contributed by atoms with E-state index in [9.17, 15) is 14.0 Å². The van der Waals surface area contributed by atoms with Crippen LogP contribution in [-0.4, -0.2) is 49.7 Å². The molecule has 0 spiro atoms. The molecule has 11 heteroatoms. The molecule has 2 amide bonds. The van der Waals surface area contributed by atoms with Gasteiger partial charge in [-0.05, 0) is 92.3 Å². The lowest BCUT2D eigenvalue weighted by atomic mass is 9.91. The summed E-state index contributed by atoms with van der Waals surface area (Å²) in [5.74, 6) is 2.06. The van der Waals surface area contributed by atoms with E-state index in [0.717, 1.165) is 23.8 Å². The van der Waals surface area contributed by atoms with Crippen molar-refractivity contribution in [1.82, 2.24) is 9.97 Å². The summed E-state index contributed by atoms with van der Waals surface area (Å²) in [6.45, 7) is 3.04. The van der Waals surface area contributed by atoms with Crippen LogP contribution in [0.15, 0.2) is 90.4 Å². The third-order valence-electron chi connectivity index (χ3n) is 7.58. The van der Waals surface area contributed by atoms with Crippen molar-refractivity contribution in [3.63, 3.8) is 0 Å². The molecule has 3 heterocycles. The van der Waals surface area contributed by atoms with Crippen molar-refractivity contribution in [3.8, 4) is 23.0 Å². The first-order valence-corrected chi connectivity index (χ1v) is 14.8. The summed E-state index contributed by atoms with van der Waals surface area (Å²) in [6, 6.07) is 14.3. The Morgan fingerprint density at radius 2 is 1.76 bits per heavy atom. The Bertz CT molecular complexity index is 1740. The van der Waals surface area contributed by atoms with Gasteiger partial charge in [-0.15, -0.1) is 0 Å². The fourth-order valence-electron chi connectivity index (χ4n) is 5.13. The Kier molecular flexibility index (Phi) is 10.6. The highest BCUT2D eigenvalue weighted by Crippen LogP contribution is 2.37. The Balaban J connectivity index is 1.31. The van der Waals surface area contributed by atoms with E-state index in [-0.39, 0.29) is 5.91 Å². The van der Waals surface area contributed by atoms with Gasteiger partial charge in [0.2, 0.25) is 6.41 Å². The highest BCUT2D eigenvalue weighted by atomic mass is 19.1. The Labute approximate surface area is 266 Å². The Morgan fingerprint density at radius 3 is 2.43 bits per heavy atom. The van der Waals surface area contributed by atoms with Crippen LogP contribution in [-0.2, 0) is 14.3 Å². The first-order chi connectivity index (χ1) is 22.4. The van der Waals surface area contributed by atoms with Crippen LogP contribution in [0.3, 0.4) is 0 Å². The van der Waals surface area contributed by atoms with Gasteiger partial charge in [-0.3, -0.25) is 19.5 Å². The predicted octanol–water partition coefficient (Wildman–Crippen LogP) is 6.83. The molecule has 5 rings (SSSR count). The van der Waals surface area contributed by atoms with Crippen molar-refractivity contribution in [2.75, 3.05) is 37.7 Å². The quantitative estimate of drug-likeness (QED) is 0.104. The molecule has 10 nitrogen and oxygen atoms in total. The molecular weight excluding hydrogens is 591 g/mol. The number of hydrogen-bond donors (Lipinski definition) is 1. The monoisotopic (exact) mass is 626 g/mol. The van der Waals surface area contributed by atoms with Crippen LogP contribution < -0.4 is 24.4 Å². The summed E-state index contributed by atoms with van der Waals surface area (Å²) < 4.78 is 35.9. The third kappa shape index (κ3) is 8.05. The minimum Gasteiger partial charge on any atom is -0.493 e. The molecule has 2 aromatic carbocycles. The number of halogens is 1. The van der Waals surface area contributed by atoms with Crippen LogP contribution in [0.5, 0.6) is 23.0 Å².